The van der Waals surface area contributed by atoms with Crippen LogP contribution in [0.2, 0.25) is 0 Å². The van der Waals surface area contributed by atoms with E-state index in [1.165, 1.54) is 0 Å². The predicted molar refractivity (Wildman–Crippen MR) is 120 cm³/mol. The van der Waals surface area contributed by atoms with E-state index in [0.29, 0.717) is 22.8 Å². The summed E-state index contributed by atoms with van der Waals surface area (Å²) in [6.07, 6.45) is 5.79. The fourth-order valence-electron chi connectivity index (χ4n) is 3.76. The van der Waals surface area contributed by atoms with Crippen LogP contribution in [0.15, 0.2) is 67.1 Å². The van der Waals surface area contributed by atoms with Crippen LogP contribution in [0.3, 0.4) is 0 Å². The van der Waals surface area contributed by atoms with E-state index in [4.69, 9.17) is 9.72 Å². The van der Waals surface area contributed by atoms with E-state index in [9.17, 15) is 4.79 Å². The smallest absolute Gasteiger partial charge is 0.274 e. The highest BCUT2D eigenvalue weighted by atomic mass is 16.5. The third kappa shape index (κ3) is 3.30. The normalized spacial score (nSPS) is 11.2. The van der Waals surface area contributed by atoms with E-state index < -0.39 is 0 Å². The summed E-state index contributed by atoms with van der Waals surface area (Å²) in [4.78, 5) is 22.3. The van der Waals surface area contributed by atoms with E-state index >= 15 is 0 Å². The molecule has 1 amide bonds. The summed E-state index contributed by atoms with van der Waals surface area (Å²) < 4.78 is 9.25. The van der Waals surface area contributed by atoms with Gasteiger partial charge < -0.3 is 14.5 Å². The number of carbonyl (C=O) groups is 1. The highest BCUT2D eigenvalue weighted by Gasteiger charge is 2.18. The number of nitrogens with zero attached hydrogens (tertiary/aromatic N) is 4. The molecule has 0 fully saturated rings. The number of aryl methyl sites for hydroxylation is 2. The standard InChI is InChI=1S/C24H21N5O2/c1-15-9-11-28-14-19(26-22(28)12-15)17-7-8-20(31-3)18(13-17)27-24(30)23-16(2)25-21-6-4-5-10-29(21)23/h4-14H,1-3H3,(H,27,30). The zero-order valence-electron chi connectivity index (χ0n) is 17.5. The Morgan fingerprint density at radius 3 is 2.71 bits per heavy atom. The Balaban J connectivity index is 1.53. The monoisotopic (exact) mass is 411 g/mol. The number of methoxy groups -OCH3 is 1. The highest BCUT2D eigenvalue weighted by Crippen LogP contribution is 2.31. The van der Waals surface area contributed by atoms with Gasteiger partial charge in [0.15, 0.2) is 0 Å². The Bertz CT molecular complexity index is 1450. The maximum absolute atomic E-state index is 13.2. The van der Waals surface area contributed by atoms with Crippen molar-refractivity contribution in [3.8, 4) is 17.0 Å². The van der Waals surface area contributed by atoms with Gasteiger partial charge in [-0.15, -0.1) is 0 Å². The van der Waals surface area contributed by atoms with Crippen molar-refractivity contribution in [2.75, 3.05) is 12.4 Å². The minimum atomic E-state index is -0.253. The van der Waals surface area contributed by atoms with Crippen LogP contribution in [-0.4, -0.2) is 31.8 Å². The molecule has 4 heterocycles. The number of amides is 1. The van der Waals surface area contributed by atoms with Gasteiger partial charge in [-0.05, 0) is 61.9 Å². The lowest BCUT2D eigenvalue weighted by Crippen LogP contribution is -2.16. The average molecular weight is 411 g/mol. The molecular weight excluding hydrogens is 390 g/mol. The lowest BCUT2D eigenvalue weighted by molar-refractivity contribution is 0.102. The number of nitrogens with one attached hydrogen (secondary N) is 1. The lowest BCUT2D eigenvalue weighted by Gasteiger charge is -2.12. The molecule has 0 aliphatic carbocycles. The second-order valence-corrected chi connectivity index (χ2v) is 7.44. The Kier molecular flexibility index (Phi) is 4.43. The fourth-order valence-corrected chi connectivity index (χ4v) is 3.76. The number of benzene rings is 1. The van der Waals surface area contributed by atoms with Gasteiger partial charge >= 0.3 is 0 Å². The molecule has 7 heteroatoms. The SMILES string of the molecule is COc1ccc(-c2cn3ccc(C)cc3n2)cc1NC(=O)c1c(C)nc2ccccn12. The molecule has 0 unspecified atom stereocenters. The Morgan fingerprint density at radius 1 is 1.00 bits per heavy atom. The number of carbonyl (C=O) groups excluding carboxylic acids is 1. The fraction of sp³-hybridized carbons (Fsp3) is 0.125. The first-order valence-corrected chi connectivity index (χ1v) is 9.92. The second-order valence-electron chi connectivity index (χ2n) is 7.44. The van der Waals surface area contributed by atoms with Gasteiger partial charge in [-0.1, -0.05) is 6.07 Å². The van der Waals surface area contributed by atoms with Crippen LogP contribution in [0.4, 0.5) is 5.69 Å². The van der Waals surface area contributed by atoms with E-state index in [0.717, 1.165) is 28.1 Å². The van der Waals surface area contributed by atoms with E-state index in [-0.39, 0.29) is 5.91 Å². The topological polar surface area (TPSA) is 72.9 Å². The van der Waals surface area contributed by atoms with Crippen molar-refractivity contribution >= 4 is 22.9 Å². The molecule has 0 bridgehead atoms. The summed E-state index contributed by atoms with van der Waals surface area (Å²) in [7, 11) is 1.58. The number of aromatic nitrogens is 4. The third-order valence-electron chi connectivity index (χ3n) is 5.28. The molecule has 0 aliphatic rings. The molecular formula is C24H21N5O2. The van der Waals surface area contributed by atoms with Crippen LogP contribution in [-0.2, 0) is 0 Å². The van der Waals surface area contributed by atoms with Crippen molar-refractivity contribution in [2.24, 2.45) is 0 Å². The Labute approximate surface area is 179 Å². The van der Waals surface area contributed by atoms with Crippen LogP contribution >= 0.6 is 0 Å². The van der Waals surface area contributed by atoms with Gasteiger partial charge in [0.25, 0.3) is 5.91 Å². The molecule has 1 N–H and O–H groups in total. The molecule has 0 atom stereocenters. The molecule has 31 heavy (non-hydrogen) atoms. The largest absolute Gasteiger partial charge is 0.495 e. The average Bonchev–Trinajstić information content (AvgIpc) is 3.33. The van der Waals surface area contributed by atoms with Gasteiger partial charge in [-0.2, -0.15) is 0 Å². The minimum absolute atomic E-state index is 0.253. The number of anilines is 1. The molecule has 0 aliphatic heterocycles. The Hall–Kier alpha value is -4.13. The summed E-state index contributed by atoms with van der Waals surface area (Å²) in [5.74, 6) is 0.320. The minimum Gasteiger partial charge on any atom is -0.495 e. The van der Waals surface area contributed by atoms with Crippen LogP contribution in [0, 0.1) is 13.8 Å². The number of imidazole rings is 2. The molecule has 4 aromatic heterocycles. The van der Waals surface area contributed by atoms with Gasteiger partial charge in [0.05, 0.1) is 24.2 Å². The molecule has 0 saturated heterocycles. The van der Waals surface area contributed by atoms with Crippen LogP contribution in [0.25, 0.3) is 22.6 Å². The Morgan fingerprint density at radius 2 is 1.87 bits per heavy atom. The van der Waals surface area contributed by atoms with E-state index in [1.807, 2.05) is 85.4 Å². The lowest BCUT2D eigenvalue weighted by atomic mass is 10.1. The second kappa shape index (κ2) is 7.28. The van der Waals surface area contributed by atoms with Gasteiger partial charge in [0.2, 0.25) is 0 Å². The first-order valence-electron chi connectivity index (χ1n) is 9.92. The molecule has 1 aromatic carbocycles. The molecule has 0 radical (unpaired) electrons. The van der Waals surface area contributed by atoms with Crippen molar-refractivity contribution in [3.05, 3.63) is 84.1 Å². The van der Waals surface area contributed by atoms with Gasteiger partial charge in [-0.3, -0.25) is 9.20 Å². The van der Waals surface area contributed by atoms with Gasteiger partial charge in [0.1, 0.15) is 22.7 Å². The summed E-state index contributed by atoms with van der Waals surface area (Å²) in [6, 6.07) is 15.4. The summed E-state index contributed by atoms with van der Waals surface area (Å²) in [5.41, 5.74) is 6.17. The zero-order valence-corrected chi connectivity index (χ0v) is 17.5. The summed E-state index contributed by atoms with van der Waals surface area (Å²) in [6.45, 7) is 3.87. The molecule has 5 rings (SSSR count). The molecule has 0 spiro atoms. The maximum atomic E-state index is 13.2. The quantitative estimate of drug-likeness (QED) is 0.472. The van der Waals surface area contributed by atoms with Crippen molar-refractivity contribution in [1.82, 2.24) is 18.8 Å². The van der Waals surface area contributed by atoms with Gasteiger partial charge in [-0.25, -0.2) is 9.97 Å². The summed E-state index contributed by atoms with van der Waals surface area (Å²) in [5, 5.41) is 2.99. The third-order valence-corrected chi connectivity index (χ3v) is 5.28. The number of ether oxygens (including phenoxy) is 1. The van der Waals surface area contributed by atoms with Crippen molar-refractivity contribution < 1.29 is 9.53 Å². The van der Waals surface area contributed by atoms with Crippen molar-refractivity contribution in [1.29, 1.82) is 0 Å². The molecule has 7 nitrogen and oxygen atoms in total. The van der Waals surface area contributed by atoms with E-state index in [2.05, 4.69) is 10.3 Å². The first kappa shape index (κ1) is 18.9. The van der Waals surface area contributed by atoms with E-state index in [1.54, 1.807) is 11.5 Å². The first-order chi connectivity index (χ1) is 15.0. The van der Waals surface area contributed by atoms with Crippen LogP contribution in [0.1, 0.15) is 21.7 Å². The number of pyridine rings is 2. The summed E-state index contributed by atoms with van der Waals surface area (Å²) >= 11 is 0. The highest BCUT2D eigenvalue weighted by molar-refractivity contribution is 6.05. The zero-order chi connectivity index (χ0) is 21.5. The van der Waals surface area contributed by atoms with Crippen LogP contribution < -0.4 is 10.1 Å². The predicted octanol–water partition coefficient (Wildman–Crippen LogP) is 4.53. The van der Waals surface area contributed by atoms with Gasteiger partial charge in [0, 0.05) is 24.2 Å². The maximum Gasteiger partial charge on any atom is 0.274 e. The molecule has 0 saturated carbocycles. The number of rotatable bonds is 4. The number of fused-ring (bicyclic) bond motifs is 2. The van der Waals surface area contributed by atoms with Crippen molar-refractivity contribution in [2.45, 2.75) is 13.8 Å². The van der Waals surface area contributed by atoms with Crippen molar-refractivity contribution in [3.63, 3.8) is 0 Å². The molecule has 5 aromatic rings. The molecule has 154 valence electrons. The number of hydrogen-bond acceptors (Lipinski definition) is 4. The number of hydrogen-bond donors (Lipinski definition) is 1. The van der Waals surface area contributed by atoms with Crippen LogP contribution in [0.5, 0.6) is 5.75 Å².